The standard InChI is InChI=1S/C12H11BrFN3O2/c1-12(2,18)6-19-9-3-8(13)10-7(4-15)5-16-17(10)11(9)14/h3,5,18H,6H2,1-2H3. The smallest absolute Gasteiger partial charge is 0.257 e. The molecule has 0 bridgehead atoms. The van der Waals surface area contributed by atoms with Gasteiger partial charge in [-0.15, -0.1) is 0 Å². The molecule has 2 aromatic rings. The van der Waals surface area contributed by atoms with Crippen LogP contribution < -0.4 is 4.74 Å². The second-order valence-corrected chi connectivity index (χ2v) is 5.53. The summed E-state index contributed by atoms with van der Waals surface area (Å²) in [6, 6.07) is 3.35. The number of fused-ring (bicyclic) bond motifs is 1. The summed E-state index contributed by atoms with van der Waals surface area (Å²) in [6.07, 6.45) is 1.28. The van der Waals surface area contributed by atoms with Crippen LogP contribution in [0.4, 0.5) is 4.39 Å². The summed E-state index contributed by atoms with van der Waals surface area (Å²) in [4.78, 5) is 0. The molecular weight excluding hydrogens is 317 g/mol. The average molecular weight is 328 g/mol. The Kier molecular flexibility index (Phi) is 3.47. The first kappa shape index (κ1) is 13.8. The zero-order valence-corrected chi connectivity index (χ0v) is 11.9. The molecule has 0 amide bonds. The van der Waals surface area contributed by atoms with Crippen molar-refractivity contribution >= 4 is 21.4 Å². The number of ether oxygens (including phenoxy) is 1. The largest absolute Gasteiger partial charge is 0.486 e. The molecular formula is C12H11BrFN3O2. The molecule has 1 N–H and O–H groups in total. The van der Waals surface area contributed by atoms with E-state index in [9.17, 15) is 9.50 Å². The highest BCUT2D eigenvalue weighted by molar-refractivity contribution is 9.10. The van der Waals surface area contributed by atoms with Crippen LogP contribution in [0.1, 0.15) is 19.4 Å². The van der Waals surface area contributed by atoms with Crippen LogP contribution in [0.25, 0.3) is 5.52 Å². The average Bonchev–Trinajstić information content (AvgIpc) is 2.75. The molecule has 0 atom stereocenters. The molecule has 19 heavy (non-hydrogen) atoms. The van der Waals surface area contributed by atoms with E-state index in [1.807, 2.05) is 6.07 Å². The summed E-state index contributed by atoms with van der Waals surface area (Å²) in [5, 5.41) is 22.3. The van der Waals surface area contributed by atoms with Gasteiger partial charge in [0.1, 0.15) is 18.2 Å². The van der Waals surface area contributed by atoms with Crippen LogP contribution in [0.15, 0.2) is 16.7 Å². The van der Waals surface area contributed by atoms with E-state index in [4.69, 9.17) is 10.00 Å². The third-order valence-corrected chi connectivity index (χ3v) is 2.95. The van der Waals surface area contributed by atoms with Gasteiger partial charge in [0, 0.05) is 10.5 Å². The molecule has 5 nitrogen and oxygen atoms in total. The van der Waals surface area contributed by atoms with Crippen molar-refractivity contribution < 1.29 is 14.2 Å². The van der Waals surface area contributed by atoms with Crippen molar-refractivity contribution in [2.24, 2.45) is 0 Å². The lowest BCUT2D eigenvalue weighted by Crippen LogP contribution is -2.28. The summed E-state index contributed by atoms with van der Waals surface area (Å²) >= 11 is 3.25. The van der Waals surface area contributed by atoms with Gasteiger partial charge in [0.25, 0.3) is 5.95 Å². The highest BCUT2D eigenvalue weighted by Crippen LogP contribution is 2.29. The number of halogens is 2. The van der Waals surface area contributed by atoms with Crippen LogP contribution in [-0.4, -0.2) is 26.9 Å². The Morgan fingerprint density at radius 2 is 2.32 bits per heavy atom. The molecule has 0 radical (unpaired) electrons. The molecule has 0 aliphatic heterocycles. The third kappa shape index (κ3) is 2.69. The van der Waals surface area contributed by atoms with E-state index in [2.05, 4.69) is 21.0 Å². The Labute approximate surface area is 117 Å². The maximum absolute atomic E-state index is 14.1. The second kappa shape index (κ2) is 4.79. The fraction of sp³-hybridized carbons (Fsp3) is 0.333. The Morgan fingerprint density at radius 3 is 2.89 bits per heavy atom. The van der Waals surface area contributed by atoms with Gasteiger partial charge in [0.2, 0.25) is 0 Å². The molecule has 0 saturated carbocycles. The number of nitriles is 1. The fourth-order valence-corrected chi connectivity index (χ4v) is 2.10. The molecule has 0 saturated heterocycles. The molecule has 2 rings (SSSR count). The number of aliphatic hydroxyl groups is 1. The van der Waals surface area contributed by atoms with Gasteiger partial charge in [-0.3, -0.25) is 0 Å². The Bertz CT molecular complexity index is 670. The van der Waals surface area contributed by atoms with Crippen molar-refractivity contribution in [3.63, 3.8) is 0 Å². The minimum atomic E-state index is -1.07. The van der Waals surface area contributed by atoms with E-state index in [-0.39, 0.29) is 17.9 Å². The van der Waals surface area contributed by atoms with Crippen LogP contribution in [0.3, 0.4) is 0 Å². The van der Waals surface area contributed by atoms with Crippen molar-refractivity contribution in [1.82, 2.24) is 9.61 Å². The highest BCUT2D eigenvalue weighted by Gasteiger charge is 2.19. The maximum atomic E-state index is 14.1. The van der Waals surface area contributed by atoms with Gasteiger partial charge in [-0.05, 0) is 29.8 Å². The molecule has 0 aliphatic rings. The Morgan fingerprint density at radius 1 is 1.63 bits per heavy atom. The van der Waals surface area contributed by atoms with Gasteiger partial charge in [-0.1, -0.05) is 0 Å². The number of hydrogen-bond acceptors (Lipinski definition) is 4. The summed E-state index contributed by atoms with van der Waals surface area (Å²) < 4.78 is 20.9. The van der Waals surface area contributed by atoms with Crippen LogP contribution in [0, 0.1) is 17.3 Å². The molecule has 100 valence electrons. The minimum Gasteiger partial charge on any atom is -0.486 e. The molecule has 2 heterocycles. The first-order valence-corrected chi connectivity index (χ1v) is 6.24. The summed E-state index contributed by atoms with van der Waals surface area (Å²) in [5.41, 5.74) is -0.467. The van der Waals surface area contributed by atoms with E-state index < -0.39 is 11.5 Å². The number of nitrogens with zero attached hydrogens (tertiary/aromatic N) is 3. The van der Waals surface area contributed by atoms with Gasteiger partial charge in [0.15, 0.2) is 5.75 Å². The second-order valence-electron chi connectivity index (χ2n) is 4.68. The zero-order valence-electron chi connectivity index (χ0n) is 10.3. The van der Waals surface area contributed by atoms with Crippen molar-refractivity contribution in [3.05, 3.63) is 28.2 Å². The molecule has 0 fully saturated rings. The molecule has 2 aromatic heterocycles. The molecule has 7 heteroatoms. The molecule has 0 aromatic carbocycles. The minimum absolute atomic E-state index is 0.0471. The third-order valence-electron chi connectivity index (χ3n) is 2.34. The van der Waals surface area contributed by atoms with E-state index in [1.54, 1.807) is 13.8 Å². The van der Waals surface area contributed by atoms with Gasteiger partial charge in [0.05, 0.1) is 17.4 Å². The molecule has 0 spiro atoms. The lowest BCUT2D eigenvalue weighted by molar-refractivity contribution is 0.0267. The van der Waals surface area contributed by atoms with E-state index >= 15 is 0 Å². The Hall–Kier alpha value is -1.65. The van der Waals surface area contributed by atoms with Crippen LogP contribution in [0.5, 0.6) is 5.75 Å². The first-order chi connectivity index (χ1) is 8.83. The van der Waals surface area contributed by atoms with Crippen LogP contribution in [-0.2, 0) is 0 Å². The SMILES string of the molecule is CC(C)(O)COc1cc(Br)c2c(C#N)cnn2c1F. The fourth-order valence-electron chi connectivity index (χ4n) is 1.51. The van der Waals surface area contributed by atoms with Crippen molar-refractivity contribution in [2.45, 2.75) is 19.4 Å². The van der Waals surface area contributed by atoms with Crippen molar-refractivity contribution in [2.75, 3.05) is 6.61 Å². The number of hydrogen-bond donors (Lipinski definition) is 1. The Balaban J connectivity index is 2.49. The number of aromatic nitrogens is 2. The number of pyridine rings is 1. The van der Waals surface area contributed by atoms with Gasteiger partial charge in [-0.25, -0.2) is 4.52 Å². The lowest BCUT2D eigenvalue weighted by Gasteiger charge is -2.18. The predicted molar refractivity (Wildman–Crippen MR) is 69.4 cm³/mol. The summed E-state index contributed by atoms with van der Waals surface area (Å²) in [7, 11) is 0. The normalized spacial score (nSPS) is 11.6. The first-order valence-electron chi connectivity index (χ1n) is 5.44. The van der Waals surface area contributed by atoms with E-state index in [1.165, 1.54) is 12.3 Å². The monoisotopic (exact) mass is 327 g/mol. The predicted octanol–water partition coefficient (Wildman–Crippen LogP) is 2.26. The van der Waals surface area contributed by atoms with Crippen molar-refractivity contribution in [1.29, 1.82) is 5.26 Å². The van der Waals surface area contributed by atoms with E-state index in [0.717, 1.165) is 4.52 Å². The topological polar surface area (TPSA) is 70.5 Å². The van der Waals surface area contributed by atoms with Crippen molar-refractivity contribution in [3.8, 4) is 11.8 Å². The highest BCUT2D eigenvalue weighted by atomic mass is 79.9. The summed E-state index contributed by atoms with van der Waals surface area (Å²) in [6.45, 7) is 3.05. The van der Waals surface area contributed by atoms with Crippen LogP contribution >= 0.6 is 15.9 Å². The van der Waals surface area contributed by atoms with Crippen LogP contribution in [0.2, 0.25) is 0 Å². The van der Waals surface area contributed by atoms with Gasteiger partial charge < -0.3 is 9.84 Å². The summed E-state index contributed by atoms with van der Waals surface area (Å²) in [5.74, 6) is -0.766. The quantitative estimate of drug-likeness (QED) is 0.878. The molecule has 0 aliphatic carbocycles. The zero-order chi connectivity index (χ0) is 14.2. The van der Waals surface area contributed by atoms with E-state index in [0.29, 0.717) is 9.99 Å². The number of rotatable bonds is 3. The maximum Gasteiger partial charge on any atom is 0.257 e. The van der Waals surface area contributed by atoms with Gasteiger partial charge >= 0.3 is 0 Å². The molecule has 0 unspecified atom stereocenters. The lowest BCUT2D eigenvalue weighted by atomic mass is 10.2. The van der Waals surface area contributed by atoms with Gasteiger partial charge in [-0.2, -0.15) is 14.8 Å².